The van der Waals surface area contributed by atoms with Crippen molar-refractivity contribution in [1.82, 2.24) is 0 Å². The Morgan fingerprint density at radius 3 is 1.93 bits per heavy atom. The van der Waals surface area contributed by atoms with Gasteiger partial charge in [0.15, 0.2) is 0 Å². The van der Waals surface area contributed by atoms with Crippen LogP contribution in [0.25, 0.3) is 0 Å². The van der Waals surface area contributed by atoms with Gasteiger partial charge in [-0.2, -0.15) is 0 Å². The summed E-state index contributed by atoms with van der Waals surface area (Å²) in [5.74, 6) is 0.823. The Morgan fingerprint density at radius 1 is 0.933 bits per heavy atom. The fourth-order valence-electron chi connectivity index (χ4n) is 1.15. The predicted octanol–water partition coefficient (Wildman–Crippen LogP) is 5.29. The normalized spacial score (nSPS) is 9.20. The van der Waals surface area contributed by atoms with Crippen molar-refractivity contribution in [3.63, 3.8) is 0 Å². The van der Waals surface area contributed by atoms with Gasteiger partial charge in [0.05, 0.1) is 0 Å². The average Bonchev–Trinajstić information content (AvgIpc) is 2.19. The van der Waals surface area contributed by atoms with Crippen molar-refractivity contribution in [3.05, 3.63) is 0 Å². The van der Waals surface area contributed by atoms with E-state index in [2.05, 4.69) is 20.8 Å². The van der Waals surface area contributed by atoms with E-state index in [4.69, 9.17) is 4.74 Å². The molecule has 0 fully saturated rings. The average molecular weight is 218 g/mol. The van der Waals surface area contributed by atoms with Gasteiger partial charge in [0.1, 0.15) is 0 Å². The number of ether oxygens (including phenoxy) is 1. The molecule has 0 amide bonds. The summed E-state index contributed by atoms with van der Waals surface area (Å²) in [5, 5.41) is 0. The number of hydrogen-bond acceptors (Lipinski definition) is 1. The summed E-state index contributed by atoms with van der Waals surface area (Å²) in [7, 11) is 0. The number of hydrogen-bond donors (Lipinski definition) is 0. The van der Waals surface area contributed by atoms with Crippen LogP contribution in [0.3, 0.4) is 0 Å². The smallest absolute Gasteiger partial charge is 0.0466 e. The Hall–Kier alpha value is -0.0400. The summed E-state index contributed by atoms with van der Waals surface area (Å²) in [5.41, 5.74) is 0. The van der Waals surface area contributed by atoms with E-state index < -0.39 is 0 Å². The van der Waals surface area contributed by atoms with Gasteiger partial charge < -0.3 is 4.74 Å². The van der Waals surface area contributed by atoms with Crippen LogP contribution >= 0.6 is 0 Å². The van der Waals surface area contributed by atoms with Crippen molar-refractivity contribution in [2.75, 3.05) is 13.2 Å². The first-order valence-corrected chi connectivity index (χ1v) is 6.35. The van der Waals surface area contributed by atoms with Gasteiger partial charge in [-0.25, -0.2) is 0 Å². The molecular formula is C14H34O. The fourth-order valence-corrected chi connectivity index (χ4v) is 1.15. The Balaban J connectivity index is -0.000000449. The molecule has 0 radical (unpaired) electrons. The van der Waals surface area contributed by atoms with E-state index in [9.17, 15) is 0 Å². The van der Waals surface area contributed by atoms with Crippen LogP contribution in [-0.4, -0.2) is 13.2 Å². The topological polar surface area (TPSA) is 9.23 Å². The van der Waals surface area contributed by atoms with Crippen LogP contribution in [0.2, 0.25) is 0 Å². The van der Waals surface area contributed by atoms with Crippen LogP contribution in [0.1, 0.15) is 74.1 Å². The molecule has 0 aromatic rings. The van der Waals surface area contributed by atoms with E-state index in [1.54, 1.807) is 0 Å². The molecule has 0 atom stereocenters. The summed E-state index contributed by atoms with van der Waals surface area (Å²) in [6.07, 6.45) is 6.36. The summed E-state index contributed by atoms with van der Waals surface area (Å²) in [4.78, 5) is 0. The van der Waals surface area contributed by atoms with Crippen LogP contribution in [0.15, 0.2) is 0 Å². The van der Waals surface area contributed by atoms with Gasteiger partial charge in [-0.15, -0.1) is 0 Å². The Bertz CT molecular complexity index is 79.4. The molecule has 0 aliphatic carbocycles. The van der Waals surface area contributed by atoms with Gasteiger partial charge in [0.25, 0.3) is 0 Å². The third kappa shape index (κ3) is 24.9. The maximum atomic E-state index is 5.49. The number of rotatable bonds is 8. The van der Waals surface area contributed by atoms with Crippen LogP contribution in [0.4, 0.5) is 0 Å². The van der Waals surface area contributed by atoms with Crippen LogP contribution in [-0.2, 0) is 4.74 Å². The zero-order valence-electron chi connectivity index (χ0n) is 10.9. The highest BCUT2D eigenvalue weighted by Gasteiger charge is 1.93. The van der Waals surface area contributed by atoms with Gasteiger partial charge in [-0.3, -0.25) is 0 Å². The lowest BCUT2D eigenvalue weighted by molar-refractivity contribution is 0.124. The lowest BCUT2D eigenvalue weighted by Crippen LogP contribution is -1.98. The van der Waals surface area contributed by atoms with Gasteiger partial charge in [0, 0.05) is 13.2 Å². The zero-order valence-corrected chi connectivity index (χ0v) is 10.9. The van der Waals surface area contributed by atoms with Crippen molar-refractivity contribution in [2.24, 2.45) is 5.92 Å². The molecule has 0 unspecified atom stereocenters. The highest BCUT2D eigenvalue weighted by molar-refractivity contribution is 4.44. The summed E-state index contributed by atoms with van der Waals surface area (Å²) >= 11 is 0. The molecule has 0 aromatic carbocycles. The van der Waals surface area contributed by atoms with Crippen molar-refractivity contribution in [3.8, 4) is 0 Å². The van der Waals surface area contributed by atoms with Crippen molar-refractivity contribution < 1.29 is 4.74 Å². The standard InChI is InChI=1S/C11H24O.C2H6.CH4/c1-4-5-6-9-12-10-7-8-11(2)3;1-2;/h11H,4-10H2,1-3H3;1-2H3;1H4. The van der Waals surface area contributed by atoms with E-state index in [-0.39, 0.29) is 7.43 Å². The van der Waals surface area contributed by atoms with Gasteiger partial charge in [-0.05, 0) is 25.2 Å². The molecule has 96 valence electrons. The molecule has 1 heteroatoms. The molecular weight excluding hydrogens is 184 g/mol. The Morgan fingerprint density at radius 2 is 1.47 bits per heavy atom. The quantitative estimate of drug-likeness (QED) is 0.503. The summed E-state index contributed by atoms with van der Waals surface area (Å²) in [6, 6.07) is 0. The lowest BCUT2D eigenvalue weighted by atomic mass is 10.1. The van der Waals surface area contributed by atoms with E-state index in [1.165, 1.54) is 32.1 Å². The predicted molar refractivity (Wildman–Crippen MR) is 72.5 cm³/mol. The minimum atomic E-state index is 0. The lowest BCUT2D eigenvalue weighted by Gasteiger charge is -2.05. The second kappa shape index (κ2) is 19.5. The molecule has 0 saturated heterocycles. The second-order valence-corrected chi connectivity index (χ2v) is 3.86. The van der Waals surface area contributed by atoms with E-state index in [0.717, 1.165) is 19.1 Å². The molecule has 0 saturated carbocycles. The van der Waals surface area contributed by atoms with Crippen LogP contribution in [0, 0.1) is 5.92 Å². The van der Waals surface area contributed by atoms with E-state index in [1.807, 2.05) is 13.8 Å². The van der Waals surface area contributed by atoms with Gasteiger partial charge in [0.2, 0.25) is 0 Å². The minimum absolute atomic E-state index is 0. The van der Waals surface area contributed by atoms with Crippen molar-refractivity contribution in [2.45, 2.75) is 74.1 Å². The van der Waals surface area contributed by atoms with E-state index >= 15 is 0 Å². The third-order valence-electron chi connectivity index (χ3n) is 1.96. The first-order chi connectivity index (χ1) is 6.77. The Kier molecular flexibility index (Phi) is 26.5. The minimum Gasteiger partial charge on any atom is -0.381 e. The van der Waals surface area contributed by atoms with Crippen molar-refractivity contribution >= 4 is 0 Å². The van der Waals surface area contributed by atoms with Gasteiger partial charge >= 0.3 is 0 Å². The van der Waals surface area contributed by atoms with Gasteiger partial charge in [-0.1, -0.05) is 54.9 Å². The molecule has 0 rings (SSSR count). The molecule has 0 spiro atoms. The first kappa shape index (κ1) is 20.4. The highest BCUT2D eigenvalue weighted by atomic mass is 16.5. The molecule has 0 N–H and O–H groups in total. The zero-order chi connectivity index (χ0) is 11.2. The van der Waals surface area contributed by atoms with E-state index in [0.29, 0.717) is 0 Å². The highest BCUT2D eigenvalue weighted by Crippen LogP contribution is 2.03. The second-order valence-electron chi connectivity index (χ2n) is 3.86. The maximum absolute atomic E-state index is 5.49. The molecule has 1 nitrogen and oxygen atoms in total. The molecule has 15 heavy (non-hydrogen) atoms. The number of unbranched alkanes of at least 4 members (excludes halogenated alkanes) is 2. The van der Waals surface area contributed by atoms with Crippen LogP contribution in [0.5, 0.6) is 0 Å². The molecule has 0 heterocycles. The molecule has 0 aliphatic heterocycles. The largest absolute Gasteiger partial charge is 0.381 e. The SMILES string of the molecule is C.CC.CCCCCOCCCC(C)C. The first-order valence-electron chi connectivity index (χ1n) is 6.35. The summed E-state index contributed by atoms with van der Waals surface area (Å²) < 4.78 is 5.49. The van der Waals surface area contributed by atoms with Crippen molar-refractivity contribution in [1.29, 1.82) is 0 Å². The van der Waals surface area contributed by atoms with Crippen LogP contribution < -0.4 is 0 Å². The molecule has 0 aliphatic rings. The molecule has 0 bridgehead atoms. The fraction of sp³-hybridized carbons (Fsp3) is 1.00. The molecule has 0 aromatic heterocycles. The maximum Gasteiger partial charge on any atom is 0.0466 e. The third-order valence-corrected chi connectivity index (χ3v) is 1.96. The monoisotopic (exact) mass is 218 g/mol. The Labute approximate surface area is 98.6 Å². The summed E-state index contributed by atoms with van der Waals surface area (Å²) in [6.45, 7) is 12.7.